The molecule has 0 atom stereocenters. The second kappa shape index (κ2) is 13.8. The molecule has 1 N–H and O–H groups in total. The Bertz CT molecular complexity index is 1020. The molecule has 1 aliphatic rings. The first-order valence-electron chi connectivity index (χ1n) is 12.8. The maximum atomic E-state index is 9.67. The quantitative estimate of drug-likeness (QED) is 0.313. The van der Waals surface area contributed by atoms with Gasteiger partial charge < -0.3 is 24.2 Å². The summed E-state index contributed by atoms with van der Waals surface area (Å²) in [6.07, 6.45) is 7.34. The van der Waals surface area contributed by atoms with Gasteiger partial charge in [-0.05, 0) is 48.1 Å². The van der Waals surface area contributed by atoms with Crippen LogP contribution >= 0.6 is 0 Å². The number of rotatable bonds is 12. The fourth-order valence-corrected chi connectivity index (χ4v) is 4.59. The minimum absolute atomic E-state index is 0.0203. The smallest absolute Gasteiger partial charge is 0.161 e. The molecular weight excluding hydrogens is 450 g/mol. The van der Waals surface area contributed by atoms with E-state index in [9.17, 15) is 5.11 Å². The fourth-order valence-electron chi connectivity index (χ4n) is 4.59. The molecular formula is C31H37NO4. The third kappa shape index (κ3) is 7.69. The molecule has 0 bridgehead atoms. The van der Waals surface area contributed by atoms with Crippen molar-refractivity contribution in [2.45, 2.75) is 31.5 Å². The van der Waals surface area contributed by atoms with Gasteiger partial charge in [0.05, 0.1) is 19.8 Å². The number of methoxy groups -OCH3 is 1. The number of ether oxygens (including phenoxy) is 3. The fraction of sp³-hybridized carbons (Fsp3) is 0.355. The first-order chi connectivity index (χ1) is 17.7. The highest BCUT2D eigenvalue weighted by Crippen LogP contribution is 2.30. The molecule has 3 aromatic rings. The van der Waals surface area contributed by atoms with Crippen molar-refractivity contribution in [3.8, 4) is 11.5 Å². The van der Waals surface area contributed by atoms with E-state index in [1.807, 2.05) is 18.2 Å². The molecule has 1 saturated heterocycles. The number of hydrogen-bond donors (Lipinski definition) is 1. The molecule has 0 aromatic heterocycles. The van der Waals surface area contributed by atoms with E-state index in [0.29, 0.717) is 12.4 Å². The van der Waals surface area contributed by atoms with Crippen LogP contribution in [0.1, 0.15) is 42.1 Å². The minimum atomic E-state index is -0.0203. The van der Waals surface area contributed by atoms with Crippen LogP contribution in [0.15, 0.2) is 84.9 Å². The second-order valence-electron chi connectivity index (χ2n) is 9.14. The summed E-state index contributed by atoms with van der Waals surface area (Å²) in [5.74, 6) is 0.622. The Hall–Kier alpha value is -3.12. The van der Waals surface area contributed by atoms with Crippen molar-refractivity contribution in [3.05, 3.63) is 102 Å². The van der Waals surface area contributed by atoms with Crippen molar-refractivity contribution in [2.75, 3.05) is 40.0 Å². The highest BCUT2D eigenvalue weighted by atomic mass is 16.5. The summed E-state index contributed by atoms with van der Waals surface area (Å²) in [6.45, 7) is 4.47. The molecule has 5 heteroatoms. The summed E-state index contributed by atoms with van der Waals surface area (Å²) in [7, 11) is 1.55. The molecule has 1 fully saturated rings. The number of aromatic hydroxyl groups is 1. The van der Waals surface area contributed by atoms with E-state index in [0.717, 1.165) is 51.1 Å². The second-order valence-corrected chi connectivity index (χ2v) is 9.14. The highest BCUT2D eigenvalue weighted by molar-refractivity contribution is 5.55. The van der Waals surface area contributed by atoms with Gasteiger partial charge in [-0.25, -0.2) is 0 Å². The zero-order valence-corrected chi connectivity index (χ0v) is 21.1. The molecule has 0 spiro atoms. The van der Waals surface area contributed by atoms with Crippen molar-refractivity contribution in [3.63, 3.8) is 0 Å². The Kier molecular flexibility index (Phi) is 9.97. The van der Waals surface area contributed by atoms with Crippen LogP contribution < -0.4 is 4.74 Å². The first-order valence-corrected chi connectivity index (χ1v) is 12.8. The Balaban J connectivity index is 1.15. The van der Waals surface area contributed by atoms with E-state index < -0.39 is 0 Å². The number of piperidine rings is 1. The lowest BCUT2D eigenvalue weighted by atomic mass is 10.00. The summed E-state index contributed by atoms with van der Waals surface area (Å²) in [4.78, 5) is 2.52. The van der Waals surface area contributed by atoms with Crippen LogP contribution in [0, 0.1) is 0 Å². The Morgan fingerprint density at radius 2 is 1.61 bits per heavy atom. The van der Waals surface area contributed by atoms with E-state index >= 15 is 0 Å². The van der Waals surface area contributed by atoms with Crippen LogP contribution in [-0.4, -0.2) is 56.1 Å². The topological polar surface area (TPSA) is 51.2 Å². The van der Waals surface area contributed by atoms with Crippen molar-refractivity contribution >= 4 is 6.08 Å². The maximum Gasteiger partial charge on any atom is 0.161 e. The molecule has 36 heavy (non-hydrogen) atoms. The zero-order chi connectivity index (χ0) is 25.0. The molecule has 5 nitrogen and oxygen atoms in total. The minimum Gasteiger partial charge on any atom is -0.504 e. The van der Waals surface area contributed by atoms with Crippen LogP contribution in [-0.2, 0) is 9.47 Å². The number of phenolic OH excluding ortho intramolecular Hbond substituents is 1. The molecule has 1 heterocycles. The predicted molar refractivity (Wildman–Crippen MR) is 144 cm³/mol. The summed E-state index contributed by atoms with van der Waals surface area (Å²) >= 11 is 0. The summed E-state index contributed by atoms with van der Waals surface area (Å²) in [5.41, 5.74) is 3.39. The number of likely N-dealkylation sites (tertiary alicyclic amines) is 1. The van der Waals surface area contributed by atoms with E-state index in [-0.39, 0.29) is 18.0 Å². The van der Waals surface area contributed by atoms with E-state index in [4.69, 9.17) is 14.2 Å². The van der Waals surface area contributed by atoms with Crippen LogP contribution in [0.4, 0.5) is 0 Å². The summed E-state index contributed by atoms with van der Waals surface area (Å²) in [6, 6.07) is 26.4. The maximum absolute atomic E-state index is 9.67. The highest BCUT2D eigenvalue weighted by Gasteiger charge is 2.24. The first kappa shape index (κ1) is 26.0. The lowest BCUT2D eigenvalue weighted by Crippen LogP contribution is -2.38. The van der Waals surface area contributed by atoms with Gasteiger partial charge in [0.25, 0.3) is 0 Å². The van der Waals surface area contributed by atoms with E-state index in [1.165, 1.54) is 11.1 Å². The van der Waals surface area contributed by atoms with Crippen molar-refractivity contribution in [2.24, 2.45) is 0 Å². The molecule has 0 unspecified atom stereocenters. The van der Waals surface area contributed by atoms with Gasteiger partial charge in [0.1, 0.15) is 6.10 Å². The monoisotopic (exact) mass is 487 g/mol. The number of hydrogen-bond acceptors (Lipinski definition) is 5. The Morgan fingerprint density at radius 1 is 0.944 bits per heavy atom. The van der Waals surface area contributed by atoms with E-state index in [1.54, 1.807) is 19.2 Å². The molecule has 1 aliphatic heterocycles. The third-order valence-electron chi connectivity index (χ3n) is 6.56. The van der Waals surface area contributed by atoms with Gasteiger partial charge in [-0.2, -0.15) is 0 Å². The predicted octanol–water partition coefficient (Wildman–Crippen LogP) is 6.09. The SMILES string of the molecule is COc1cc(C=CCOCCCN2CCC(OC(c3ccccc3)c3ccccc3)CC2)ccc1O. The summed E-state index contributed by atoms with van der Waals surface area (Å²) in [5, 5.41) is 9.67. The number of phenols is 1. The van der Waals surface area contributed by atoms with Gasteiger partial charge in [-0.3, -0.25) is 0 Å². The molecule has 0 radical (unpaired) electrons. The van der Waals surface area contributed by atoms with Gasteiger partial charge in [0, 0.05) is 26.2 Å². The average molecular weight is 488 g/mol. The van der Waals surface area contributed by atoms with Crippen molar-refractivity contribution in [1.29, 1.82) is 0 Å². The van der Waals surface area contributed by atoms with Gasteiger partial charge >= 0.3 is 0 Å². The van der Waals surface area contributed by atoms with Crippen molar-refractivity contribution < 1.29 is 19.3 Å². The van der Waals surface area contributed by atoms with Crippen LogP contribution in [0.2, 0.25) is 0 Å². The zero-order valence-electron chi connectivity index (χ0n) is 21.1. The number of benzene rings is 3. The lowest BCUT2D eigenvalue weighted by molar-refractivity contribution is -0.0277. The Labute approximate surface area is 214 Å². The standard InChI is InChI=1S/C31H37NO4/c1-34-30-24-25(15-16-29(30)33)10-8-22-35-23-9-19-32-20-17-28(18-21-32)36-31(26-11-4-2-5-12-26)27-13-6-3-7-14-27/h2-8,10-16,24,28,31,33H,9,17-23H2,1H3. The molecule has 0 aliphatic carbocycles. The van der Waals surface area contributed by atoms with Crippen molar-refractivity contribution in [1.82, 2.24) is 4.90 Å². The van der Waals surface area contributed by atoms with Gasteiger partial charge in [0.2, 0.25) is 0 Å². The average Bonchev–Trinajstić information content (AvgIpc) is 2.93. The van der Waals surface area contributed by atoms with E-state index in [2.05, 4.69) is 65.6 Å². The molecule has 0 saturated carbocycles. The molecule has 0 amide bonds. The number of nitrogens with zero attached hydrogens (tertiary/aromatic N) is 1. The third-order valence-corrected chi connectivity index (χ3v) is 6.56. The normalized spacial score (nSPS) is 15.1. The van der Waals surface area contributed by atoms with Crippen LogP contribution in [0.5, 0.6) is 11.5 Å². The van der Waals surface area contributed by atoms with Crippen LogP contribution in [0.3, 0.4) is 0 Å². The van der Waals surface area contributed by atoms with Crippen LogP contribution in [0.25, 0.3) is 6.08 Å². The lowest BCUT2D eigenvalue weighted by Gasteiger charge is -2.34. The van der Waals surface area contributed by atoms with Gasteiger partial charge in [-0.1, -0.05) is 78.9 Å². The molecule has 190 valence electrons. The van der Waals surface area contributed by atoms with Gasteiger partial charge in [0.15, 0.2) is 11.5 Å². The van der Waals surface area contributed by atoms with Gasteiger partial charge in [-0.15, -0.1) is 0 Å². The molecule has 4 rings (SSSR count). The largest absolute Gasteiger partial charge is 0.504 e. The Morgan fingerprint density at radius 3 is 2.25 bits per heavy atom. The molecule has 3 aromatic carbocycles. The summed E-state index contributed by atoms with van der Waals surface area (Å²) < 4.78 is 17.6.